The molecule has 0 aliphatic heterocycles. The van der Waals surface area contributed by atoms with Crippen molar-refractivity contribution in [2.45, 2.75) is 19.8 Å². The second-order valence-corrected chi connectivity index (χ2v) is 7.93. The van der Waals surface area contributed by atoms with Gasteiger partial charge in [0.15, 0.2) is 5.78 Å². The van der Waals surface area contributed by atoms with Crippen LogP contribution in [-0.4, -0.2) is 25.7 Å². The molecular weight excluding hydrogens is 387 g/mol. The van der Waals surface area contributed by atoms with E-state index in [-0.39, 0.29) is 23.7 Å². The van der Waals surface area contributed by atoms with Crippen LogP contribution in [0.5, 0.6) is 0 Å². The topological polar surface area (TPSA) is 51.2 Å². The molecule has 0 aliphatic rings. The number of sulfone groups is 1. The first-order valence-corrected chi connectivity index (χ1v) is 8.82. The van der Waals surface area contributed by atoms with E-state index in [4.69, 9.17) is 11.6 Å². The molecule has 6 heteroatoms. The summed E-state index contributed by atoms with van der Waals surface area (Å²) in [4.78, 5) is 11.8. The third-order valence-electron chi connectivity index (χ3n) is 2.54. The SMILES string of the molecule is CCS(=O)(=O)CCCC(=O)c1ccc(I)c(Cl)c1. The zero-order chi connectivity index (χ0) is 13.8. The van der Waals surface area contributed by atoms with Gasteiger partial charge in [-0.25, -0.2) is 8.42 Å². The molecule has 0 radical (unpaired) electrons. The standard InChI is InChI=1S/C12H14ClIO3S/c1-2-18(16,17)7-3-4-12(15)9-5-6-11(14)10(13)8-9/h5-6,8H,2-4,7H2,1H3. The van der Waals surface area contributed by atoms with Gasteiger partial charge in [0.25, 0.3) is 0 Å². The quantitative estimate of drug-likeness (QED) is 0.543. The molecular formula is C12H14ClIO3S. The molecule has 0 atom stereocenters. The Kier molecular flexibility index (Phi) is 6.07. The maximum absolute atomic E-state index is 11.8. The minimum atomic E-state index is -2.99. The number of halogens is 2. The molecule has 0 heterocycles. The fraction of sp³-hybridized carbons (Fsp3) is 0.417. The first kappa shape index (κ1) is 15.9. The molecule has 100 valence electrons. The molecule has 1 rings (SSSR count). The summed E-state index contributed by atoms with van der Waals surface area (Å²) in [6.45, 7) is 1.61. The molecule has 0 saturated carbocycles. The third-order valence-corrected chi connectivity index (χ3v) is 5.90. The summed E-state index contributed by atoms with van der Waals surface area (Å²) in [6.07, 6.45) is 0.592. The van der Waals surface area contributed by atoms with Crippen molar-refractivity contribution in [2.75, 3.05) is 11.5 Å². The van der Waals surface area contributed by atoms with Crippen LogP contribution in [0.15, 0.2) is 18.2 Å². The van der Waals surface area contributed by atoms with Crippen LogP contribution in [0.3, 0.4) is 0 Å². The largest absolute Gasteiger partial charge is 0.294 e. The van der Waals surface area contributed by atoms with Gasteiger partial charge in [0.2, 0.25) is 0 Å². The molecule has 0 spiro atoms. The number of hydrogen-bond acceptors (Lipinski definition) is 3. The van der Waals surface area contributed by atoms with E-state index in [2.05, 4.69) is 22.6 Å². The molecule has 3 nitrogen and oxygen atoms in total. The lowest BCUT2D eigenvalue weighted by Crippen LogP contribution is -2.10. The van der Waals surface area contributed by atoms with Gasteiger partial charge in [-0.05, 0) is 41.1 Å². The Bertz CT molecular complexity index is 540. The lowest BCUT2D eigenvalue weighted by atomic mass is 10.1. The molecule has 0 bridgehead atoms. The van der Waals surface area contributed by atoms with E-state index in [0.717, 1.165) is 3.57 Å². The maximum atomic E-state index is 11.8. The van der Waals surface area contributed by atoms with Gasteiger partial charge < -0.3 is 0 Å². The fourth-order valence-electron chi connectivity index (χ4n) is 1.41. The lowest BCUT2D eigenvalue weighted by molar-refractivity contribution is 0.0982. The highest BCUT2D eigenvalue weighted by atomic mass is 127. The number of carbonyl (C=O) groups is 1. The van der Waals surface area contributed by atoms with Gasteiger partial charge in [0.05, 0.1) is 10.8 Å². The molecule has 0 aliphatic carbocycles. The van der Waals surface area contributed by atoms with Crippen LogP contribution in [0.1, 0.15) is 30.1 Å². The minimum Gasteiger partial charge on any atom is -0.294 e. The number of carbonyl (C=O) groups excluding carboxylic acids is 1. The number of hydrogen-bond donors (Lipinski definition) is 0. The van der Waals surface area contributed by atoms with Crippen molar-refractivity contribution in [1.82, 2.24) is 0 Å². The van der Waals surface area contributed by atoms with E-state index in [1.54, 1.807) is 25.1 Å². The fourth-order valence-corrected chi connectivity index (χ4v) is 2.80. The molecule has 0 fully saturated rings. The summed E-state index contributed by atoms with van der Waals surface area (Å²) in [5.41, 5.74) is 0.536. The molecule has 0 aromatic heterocycles. The average Bonchev–Trinajstić information content (AvgIpc) is 2.32. The Morgan fingerprint density at radius 1 is 1.39 bits per heavy atom. The number of Topliss-reactive ketones (excluding diaryl/α,β-unsaturated/α-hetero) is 1. The van der Waals surface area contributed by atoms with E-state index >= 15 is 0 Å². The van der Waals surface area contributed by atoms with Crippen molar-refractivity contribution in [3.63, 3.8) is 0 Å². The number of ketones is 1. The molecule has 1 aromatic rings. The molecule has 0 saturated heterocycles. The predicted octanol–water partition coefficient (Wildman–Crippen LogP) is 3.34. The third kappa shape index (κ3) is 4.85. The molecule has 0 unspecified atom stereocenters. The predicted molar refractivity (Wildman–Crippen MR) is 82.1 cm³/mol. The second kappa shape index (κ2) is 6.86. The monoisotopic (exact) mass is 400 g/mol. The van der Waals surface area contributed by atoms with E-state index in [0.29, 0.717) is 17.0 Å². The average molecular weight is 401 g/mol. The van der Waals surface area contributed by atoms with E-state index in [1.807, 2.05) is 0 Å². The van der Waals surface area contributed by atoms with Crippen molar-refractivity contribution < 1.29 is 13.2 Å². The van der Waals surface area contributed by atoms with E-state index < -0.39 is 9.84 Å². The van der Waals surface area contributed by atoms with Gasteiger partial charge in [-0.1, -0.05) is 24.6 Å². The van der Waals surface area contributed by atoms with Crippen molar-refractivity contribution >= 4 is 49.8 Å². The first-order valence-electron chi connectivity index (χ1n) is 5.54. The van der Waals surface area contributed by atoms with Crippen LogP contribution in [0.25, 0.3) is 0 Å². The zero-order valence-corrected chi connectivity index (χ0v) is 13.7. The van der Waals surface area contributed by atoms with Crippen LogP contribution in [0, 0.1) is 3.57 Å². The Morgan fingerprint density at radius 2 is 2.06 bits per heavy atom. The van der Waals surface area contributed by atoms with Crippen LogP contribution >= 0.6 is 34.2 Å². The van der Waals surface area contributed by atoms with Crippen LogP contribution in [-0.2, 0) is 9.84 Å². The Labute approximate surface area is 126 Å². The summed E-state index contributed by atoms with van der Waals surface area (Å²) < 4.78 is 23.5. The van der Waals surface area contributed by atoms with Crippen LogP contribution < -0.4 is 0 Å². The van der Waals surface area contributed by atoms with Gasteiger partial charge >= 0.3 is 0 Å². The highest BCUT2D eigenvalue weighted by molar-refractivity contribution is 14.1. The Hall–Kier alpha value is -0.140. The van der Waals surface area contributed by atoms with Crippen molar-refractivity contribution in [3.05, 3.63) is 32.4 Å². The van der Waals surface area contributed by atoms with Crippen LogP contribution in [0.2, 0.25) is 5.02 Å². The summed E-state index contributed by atoms with van der Waals surface area (Å²) in [5.74, 6) is 0.115. The van der Waals surface area contributed by atoms with E-state index in [9.17, 15) is 13.2 Å². The zero-order valence-electron chi connectivity index (χ0n) is 9.95. The van der Waals surface area contributed by atoms with Gasteiger partial charge in [-0.15, -0.1) is 0 Å². The van der Waals surface area contributed by atoms with Crippen LogP contribution in [0.4, 0.5) is 0 Å². The summed E-state index contributed by atoms with van der Waals surface area (Å²) in [7, 11) is -2.99. The van der Waals surface area contributed by atoms with Crippen molar-refractivity contribution in [3.8, 4) is 0 Å². The molecule has 0 N–H and O–H groups in total. The van der Waals surface area contributed by atoms with Gasteiger partial charge in [-0.2, -0.15) is 0 Å². The number of rotatable bonds is 6. The summed E-state index contributed by atoms with van der Waals surface area (Å²) >= 11 is 8.02. The van der Waals surface area contributed by atoms with Gasteiger partial charge in [0, 0.05) is 21.3 Å². The highest BCUT2D eigenvalue weighted by Gasteiger charge is 2.11. The minimum absolute atomic E-state index is 0.0628. The molecule has 18 heavy (non-hydrogen) atoms. The second-order valence-electron chi connectivity index (χ2n) is 3.89. The van der Waals surface area contributed by atoms with Crippen molar-refractivity contribution in [1.29, 1.82) is 0 Å². The van der Waals surface area contributed by atoms with E-state index in [1.165, 1.54) is 0 Å². The maximum Gasteiger partial charge on any atom is 0.162 e. The van der Waals surface area contributed by atoms with Crippen molar-refractivity contribution in [2.24, 2.45) is 0 Å². The first-order chi connectivity index (χ1) is 8.35. The molecule has 1 aromatic carbocycles. The number of benzene rings is 1. The van der Waals surface area contributed by atoms with Gasteiger partial charge in [-0.3, -0.25) is 4.79 Å². The Balaban J connectivity index is 2.58. The smallest absolute Gasteiger partial charge is 0.162 e. The summed E-state index contributed by atoms with van der Waals surface area (Å²) in [5, 5.41) is 0.544. The Morgan fingerprint density at radius 3 is 2.61 bits per heavy atom. The normalized spacial score (nSPS) is 11.5. The highest BCUT2D eigenvalue weighted by Crippen LogP contribution is 2.20. The van der Waals surface area contributed by atoms with Gasteiger partial charge in [0.1, 0.15) is 9.84 Å². The molecule has 0 amide bonds. The lowest BCUT2D eigenvalue weighted by Gasteiger charge is -2.03. The summed E-state index contributed by atoms with van der Waals surface area (Å²) in [6, 6.07) is 5.11.